The second kappa shape index (κ2) is 8.02. The van der Waals surface area contributed by atoms with E-state index in [1.165, 1.54) is 0 Å². The van der Waals surface area contributed by atoms with Gasteiger partial charge in [0.25, 0.3) is 5.91 Å². The molecule has 1 amide bonds. The van der Waals surface area contributed by atoms with Crippen LogP contribution in [0.25, 0.3) is 6.08 Å². The highest BCUT2D eigenvalue weighted by Gasteiger charge is 2.50. The highest BCUT2D eigenvalue weighted by Crippen LogP contribution is 2.50. The predicted molar refractivity (Wildman–Crippen MR) is 118 cm³/mol. The van der Waals surface area contributed by atoms with Gasteiger partial charge in [-0.25, -0.2) is 0 Å². The number of hydrogen-bond donors (Lipinski definition) is 1. The molecule has 2 heterocycles. The number of benzene rings is 2. The third-order valence-corrected chi connectivity index (χ3v) is 6.00. The van der Waals surface area contributed by atoms with Crippen molar-refractivity contribution in [3.63, 3.8) is 0 Å². The molecule has 162 valence electrons. The molecule has 2 unspecified atom stereocenters. The van der Waals surface area contributed by atoms with Gasteiger partial charge in [0.1, 0.15) is 11.5 Å². The monoisotopic (exact) mass is 421 g/mol. The first kappa shape index (κ1) is 20.8. The Morgan fingerprint density at radius 1 is 1.29 bits per heavy atom. The summed E-state index contributed by atoms with van der Waals surface area (Å²) in [5, 5.41) is 11.0. The highest BCUT2D eigenvalue weighted by molar-refractivity contribution is 5.98. The van der Waals surface area contributed by atoms with Gasteiger partial charge in [-0.3, -0.25) is 4.79 Å². The number of likely N-dealkylation sites (N-methyl/N-ethyl adjacent to an activating group) is 1. The number of methoxy groups -OCH3 is 1. The Labute approximate surface area is 182 Å². The molecule has 31 heavy (non-hydrogen) atoms. The summed E-state index contributed by atoms with van der Waals surface area (Å²) in [4.78, 5) is 14.7. The number of rotatable bonds is 5. The molecular weight excluding hydrogens is 394 g/mol. The molecule has 1 fully saturated rings. The average Bonchev–Trinajstić information content (AvgIpc) is 2.77. The zero-order valence-corrected chi connectivity index (χ0v) is 18.2. The molecule has 1 saturated heterocycles. The van der Waals surface area contributed by atoms with Crippen molar-refractivity contribution >= 4 is 12.0 Å². The van der Waals surface area contributed by atoms with E-state index in [2.05, 4.69) is 0 Å². The number of nitrogens with zero attached hydrogens (tertiary/aromatic N) is 1. The zero-order valence-electron chi connectivity index (χ0n) is 18.2. The summed E-state index contributed by atoms with van der Waals surface area (Å²) < 4.78 is 17.1. The van der Waals surface area contributed by atoms with Gasteiger partial charge in [0, 0.05) is 24.9 Å². The van der Waals surface area contributed by atoms with Crippen LogP contribution in [0, 0.1) is 0 Å². The Morgan fingerprint density at radius 3 is 2.81 bits per heavy atom. The number of aliphatic hydroxyl groups is 1. The molecule has 2 aliphatic heterocycles. The number of hydrogen-bond acceptors (Lipinski definition) is 5. The van der Waals surface area contributed by atoms with Crippen LogP contribution >= 0.6 is 0 Å². The third-order valence-electron chi connectivity index (χ3n) is 6.00. The quantitative estimate of drug-likeness (QED) is 0.561. The molecule has 0 spiro atoms. The van der Waals surface area contributed by atoms with Crippen LogP contribution in [0.5, 0.6) is 17.2 Å². The van der Waals surface area contributed by atoms with Crippen molar-refractivity contribution in [2.75, 3.05) is 20.8 Å². The molecule has 2 atom stereocenters. The molecule has 2 aliphatic rings. The van der Waals surface area contributed by atoms with Crippen LogP contribution in [0.2, 0.25) is 0 Å². The summed E-state index contributed by atoms with van der Waals surface area (Å²) in [6.07, 6.45) is 3.90. The summed E-state index contributed by atoms with van der Waals surface area (Å²) >= 11 is 0. The maximum atomic E-state index is 13.2. The lowest BCUT2D eigenvalue weighted by molar-refractivity contribution is -0.153. The Morgan fingerprint density at radius 2 is 2.06 bits per heavy atom. The van der Waals surface area contributed by atoms with Crippen molar-refractivity contribution < 1.29 is 24.1 Å². The number of ether oxygens (including phenoxy) is 3. The van der Waals surface area contributed by atoms with Crippen LogP contribution in [0.4, 0.5) is 0 Å². The van der Waals surface area contributed by atoms with Crippen molar-refractivity contribution in [3.05, 3.63) is 71.0 Å². The SMILES string of the molecule is CCOc1ccc(C=CC(O)=C2C(=O)N(C)C3(C)CC2c2ccccc2O3)cc1OC. The van der Waals surface area contributed by atoms with E-state index in [9.17, 15) is 9.90 Å². The molecule has 2 aromatic carbocycles. The molecule has 6 heteroatoms. The van der Waals surface area contributed by atoms with Crippen LogP contribution in [0.15, 0.2) is 59.9 Å². The number of carbonyl (C=O) groups is 1. The molecule has 1 N–H and O–H groups in total. The first-order valence-electron chi connectivity index (χ1n) is 10.4. The van der Waals surface area contributed by atoms with E-state index in [0.29, 0.717) is 30.1 Å². The largest absolute Gasteiger partial charge is 0.507 e. The van der Waals surface area contributed by atoms with Crippen molar-refractivity contribution in [1.82, 2.24) is 4.90 Å². The number of aliphatic hydroxyl groups excluding tert-OH is 1. The Bertz CT molecular complexity index is 1070. The number of allylic oxidation sites excluding steroid dienone is 1. The van der Waals surface area contributed by atoms with Gasteiger partial charge in [-0.15, -0.1) is 0 Å². The molecule has 0 aliphatic carbocycles. The Hall–Kier alpha value is -3.41. The van der Waals surface area contributed by atoms with Crippen molar-refractivity contribution in [2.24, 2.45) is 0 Å². The lowest BCUT2D eigenvalue weighted by atomic mass is 9.77. The lowest BCUT2D eigenvalue weighted by Crippen LogP contribution is -2.59. The molecule has 0 radical (unpaired) electrons. The van der Waals surface area contributed by atoms with Gasteiger partial charge in [-0.2, -0.15) is 0 Å². The normalized spacial score (nSPS) is 23.9. The second-order valence-corrected chi connectivity index (χ2v) is 7.91. The van der Waals surface area contributed by atoms with Gasteiger partial charge in [0.15, 0.2) is 17.2 Å². The molecule has 0 aromatic heterocycles. The van der Waals surface area contributed by atoms with E-state index < -0.39 is 5.72 Å². The fraction of sp³-hybridized carbons (Fsp3) is 0.320. The minimum absolute atomic E-state index is 0.0477. The second-order valence-electron chi connectivity index (χ2n) is 7.91. The number of amides is 1. The highest BCUT2D eigenvalue weighted by atomic mass is 16.5. The summed E-state index contributed by atoms with van der Waals surface area (Å²) in [6.45, 7) is 4.36. The predicted octanol–water partition coefficient (Wildman–Crippen LogP) is 4.67. The maximum absolute atomic E-state index is 13.2. The number of fused-ring (bicyclic) bond motifs is 4. The van der Waals surface area contributed by atoms with Crippen LogP contribution in [0.3, 0.4) is 0 Å². The number of carbonyl (C=O) groups excluding carboxylic acids is 1. The van der Waals surface area contributed by atoms with E-state index >= 15 is 0 Å². The van der Waals surface area contributed by atoms with Crippen molar-refractivity contribution in [1.29, 1.82) is 0 Å². The topological polar surface area (TPSA) is 68.2 Å². The van der Waals surface area contributed by atoms with Gasteiger partial charge >= 0.3 is 0 Å². The van der Waals surface area contributed by atoms with Gasteiger partial charge in [0.05, 0.1) is 19.3 Å². The Balaban J connectivity index is 1.72. The minimum atomic E-state index is -0.744. The zero-order chi connectivity index (χ0) is 22.2. The lowest BCUT2D eigenvalue weighted by Gasteiger charge is -2.49. The molecular formula is C25H27NO5. The summed E-state index contributed by atoms with van der Waals surface area (Å²) in [6, 6.07) is 13.2. The van der Waals surface area contributed by atoms with Crippen LogP contribution in [0.1, 0.15) is 37.3 Å². The van der Waals surface area contributed by atoms with Gasteiger partial charge in [-0.1, -0.05) is 30.3 Å². The van der Waals surface area contributed by atoms with E-state index in [1.54, 1.807) is 31.2 Å². The molecule has 2 aromatic rings. The summed E-state index contributed by atoms with van der Waals surface area (Å²) in [5.41, 5.74) is 1.37. The van der Waals surface area contributed by atoms with Gasteiger partial charge in [0.2, 0.25) is 0 Å². The Kier molecular flexibility index (Phi) is 5.39. The number of likely N-dealkylation sites (tertiary alicyclic amines) is 1. The first-order valence-corrected chi connectivity index (χ1v) is 10.4. The van der Waals surface area contributed by atoms with Gasteiger partial charge < -0.3 is 24.2 Å². The summed E-state index contributed by atoms with van der Waals surface area (Å²) in [5.74, 6) is 1.49. The van der Waals surface area contributed by atoms with Crippen LogP contribution in [-0.2, 0) is 4.79 Å². The minimum Gasteiger partial charge on any atom is -0.507 e. The third kappa shape index (κ3) is 3.63. The van der Waals surface area contributed by atoms with E-state index in [-0.39, 0.29) is 17.6 Å². The maximum Gasteiger partial charge on any atom is 0.256 e. The molecule has 0 saturated carbocycles. The van der Waals surface area contributed by atoms with Crippen molar-refractivity contribution in [2.45, 2.75) is 31.9 Å². The van der Waals surface area contributed by atoms with Crippen molar-refractivity contribution in [3.8, 4) is 17.2 Å². The molecule has 2 bridgehead atoms. The van der Waals surface area contributed by atoms with E-state index in [1.807, 2.05) is 56.3 Å². The fourth-order valence-corrected chi connectivity index (χ4v) is 4.25. The number of para-hydroxylation sites is 1. The van der Waals surface area contributed by atoms with Gasteiger partial charge in [-0.05, 0) is 43.7 Å². The first-order chi connectivity index (χ1) is 14.9. The molecule has 6 nitrogen and oxygen atoms in total. The standard InChI is InChI=1S/C25H27NO5/c1-5-30-21-13-11-16(14-22(21)29-4)10-12-19(27)23-18-15-25(2,26(3)24(23)28)31-20-9-7-6-8-17(18)20/h6-14,18,27H,5,15H2,1-4H3. The van der Waals surface area contributed by atoms with E-state index in [4.69, 9.17) is 14.2 Å². The van der Waals surface area contributed by atoms with Crippen LogP contribution in [-0.4, -0.2) is 42.4 Å². The van der Waals surface area contributed by atoms with E-state index in [0.717, 1.165) is 16.9 Å². The average molecular weight is 421 g/mol. The summed E-state index contributed by atoms with van der Waals surface area (Å²) in [7, 11) is 3.29. The fourth-order valence-electron chi connectivity index (χ4n) is 4.25. The smallest absolute Gasteiger partial charge is 0.256 e. The molecule has 4 rings (SSSR count). The van der Waals surface area contributed by atoms with Crippen LogP contribution < -0.4 is 14.2 Å². The number of piperidine rings is 1.